The molecule has 0 atom stereocenters. The lowest BCUT2D eigenvalue weighted by Gasteiger charge is -2.33. The number of rotatable bonds is 3. The first-order valence-corrected chi connectivity index (χ1v) is 6.13. The van der Waals surface area contributed by atoms with E-state index >= 15 is 0 Å². The van der Waals surface area contributed by atoms with Gasteiger partial charge in [-0.2, -0.15) is 0 Å². The molecule has 2 heteroatoms. The Labute approximate surface area is 98.2 Å². The zero-order valence-electron chi connectivity index (χ0n) is 10.5. The minimum atomic E-state index is 0.451. The Balaban J connectivity index is 1.98. The van der Waals surface area contributed by atoms with Crippen molar-refractivity contribution in [3.05, 3.63) is 28.8 Å². The normalized spacial score (nSPS) is 24.0. The third kappa shape index (κ3) is 2.38. The quantitative estimate of drug-likeness (QED) is 0.818. The van der Waals surface area contributed by atoms with Gasteiger partial charge < -0.3 is 11.1 Å². The van der Waals surface area contributed by atoms with Crippen LogP contribution in [-0.2, 0) is 0 Å². The van der Waals surface area contributed by atoms with Gasteiger partial charge in [-0.1, -0.05) is 17.7 Å². The highest BCUT2D eigenvalue weighted by atomic mass is 14.9. The first kappa shape index (κ1) is 11.5. The molecule has 0 unspecified atom stereocenters. The molecule has 1 fully saturated rings. The lowest BCUT2D eigenvalue weighted by Crippen LogP contribution is -2.39. The van der Waals surface area contributed by atoms with Crippen molar-refractivity contribution < 1.29 is 0 Å². The van der Waals surface area contributed by atoms with Crippen molar-refractivity contribution in [1.29, 1.82) is 0 Å². The second-order valence-corrected chi connectivity index (χ2v) is 5.25. The Morgan fingerprint density at radius 1 is 1.19 bits per heavy atom. The van der Waals surface area contributed by atoms with Gasteiger partial charge in [-0.25, -0.2) is 0 Å². The van der Waals surface area contributed by atoms with Crippen LogP contribution < -0.4 is 11.1 Å². The number of hydrogen-bond acceptors (Lipinski definition) is 2. The van der Waals surface area contributed by atoms with Crippen LogP contribution in [0.2, 0.25) is 0 Å². The molecular weight excluding hydrogens is 196 g/mol. The maximum absolute atomic E-state index is 5.79. The number of anilines is 1. The molecular formula is C14H22N2. The zero-order valence-corrected chi connectivity index (χ0v) is 10.5. The van der Waals surface area contributed by atoms with E-state index in [0.29, 0.717) is 6.04 Å². The number of nitrogens with one attached hydrogen (secondary N) is 1. The van der Waals surface area contributed by atoms with Crippen LogP contribution in [0.25, 0.3) is 0 Å². The predicted octanol–water partition coefficient (Wildman–Crippen LogP) is 2.76. The molecule has 0 heterocycles. The van der Waals surface area contributed by atoms with E-state index in [9.17, 15) is 0 Å². The predicted molar refractivity (Wildman–Crippen MR) is 69.8 cm³/mol. The SMILES string of the molecule is Cc1cc(C)c(NCC2CC(N)C2)c(C)c1. The average molecular weight is 218 g/mol. The van der Waals surface area contributed by atoms with Crippen LogP contribution in [0.1, 0.15) is 29.5 Å². The molecule has 1 saturated carbocycles. The zero-order chi connectivity index (χ0) is 11.7. The van der Waals surface area contributed by atoms with Gasteiger partial charge in [-0.05, 0) is 50.7 Å². The van der Waals surface area contributed by atoms with Crippen LogP contribution in [0.15, 0.2) is 12.1 Å². The molecule has 1 aliphatic rings. The third-order valence-corrected chi connectivity index (χ3v) is 3.52. The van der Waals surface area contributed by atoms with Gasteiger partial charge in [0.05, 0.1) is 0 Å². The summed E-state index contributed by atoms with van der Waals surface area (Å²) in [5.41, 5.74) is 11.1. The van der Waals surface area contributed by atoms with Crippen molar-refractivity contribution in [2.45, 2.75) is 39.7 Å². The lowest BCUT2D eigenvalue weighted by atomic mass is 9.81. The molecule has 0 amide bonds. The molecule has 1 aromatic rings. The van der Waals surface area contributed by atoms with Gasteiger partial charge in [0.25, 0.3) is 0 Å². The number of nitrogens with two attached hydrogens (primary N) is 1. The van der Waals surface area contributed by atoms with Crippen LogP contribution in [0, 0.1) is 26.7 Å². The minimum Gasteiger partial charge on any atom is -0.384 e. The Kier molecular flexibility index (Phi) is 3.20. The van der Waals surface area contributed by atoms with E-state index in [0.717, 1.165) is 12.5 Å². The summed E-state index contributed by atoms with van der Waals surface area (Å²) in [5, 5.41) is 3.58. The first-order chi connectivity index (χ1) is 7.56. The molecule has 1 aromatic carbocycles. The van der Waals surface area contributed by atoms with Crippen molar-refractivity contribution in [1.82, 2.24) is 0 Å². The maximum Gasteiger partial charge on any atom is 0.0399 e. The van der Waals surface area contributed by atoms with Crippen molar-refractivity contribution >= 4 is 5.69 Å². The Bertz CT molecular complexity index is 355. The van der Waals surface area contributed by atoms with E-state index in [1.165, 1.54) is 35.2 Å². The Hall–Kier alpha value is -1.02. The smallest absolute Gasteiger partial charge is 0.0399 e. The van der Waals surface area contributed by atoms with Gasteiger partial charge in [0.1, 0.15) is 0 Å². The number of hydrogen-bond donors (Lipinski definition) is 2. The van der Waals surface area contributed by atoms with E-state index in [1.54, 1.807) is 0 Å². The fourth-order valence-electron chi connectivity index (χ4n) is 2.66. The third-order valence-electron chi connectivity index (χ3n) is 3.52. The molecule has 0 aliphatic heterocycles. The fourth-order valence-corrected chi connectivity index (χ4v) is 2.66. The van der Waals surface area contributed by atoms with E-state index in [1.807, 2.05) is 0 Å². The van der Waals surface area contributed by atoms with Gasteiger partial charge in [0, 0.05) is 18.3 Å². The van der Waals surface area contributed by atoms with Crippen molar-refractivity contribution in [3.63, 3.8) is 0 Å². The van der Waals surface area contributed by atoms with Crippen LogP contribution in [0.4, 0.5) is 5.69 Å². The van der Waals surface area contributed by atoms with Gasteiger partial charge in [0.15, 0.2) is 0 Å². The molecule has 0 spiro atoms. The number of benzene rings is 1. The van der Waals surface area contributed by atoms with E-state index in [2.05, 4.69) is 38.2 Å². The standard InChI is InChI=1S/C14H22N2/c1-9-4-10(2)14(11(3)5-9)16-8-12-6-13(15)7-12/h4-5,12-13,16H,6-8,15H2,1-3H3. The molecule has 0 aromatic heterocycles. The fraction of sp³-hybridized carbons (Fsp3) is 0.571. The van der Waals surface area contributed by atoms with Gasteiger partial charge in [-0.15, -0.1) is 0 Å². The van der Waals surface area contributed by atoms with E-state index in [-0.39, 0.29) is 0 Å². The van der Waals surface area contributed by atoms with Crippen molar-refractivity contribution in [2.75, 3.05) is 11.9 Å². The highest BCUT2D eigenvalue weighted by Crippen LogP contribution is 2.28. The lowest BCUT2D eigenvalue weighted by molar-refractivity contribution is 0.280. The molecule has 2 rings (SSSR count). The first-order valence-electron chi connectivity index (χ1n) is 6.13. The summed E-state index contributed by atoms with van der Waals surface area (Å²) in [4.78, 5) is 0. The van der Waals surface area contributed by atoms with Crippen LogP contribution in [0.5, 0.6) is 0 Å². The monoisotopic (exact) mass is 218 g/mol. The number of aryl methyl sites for hydroxylation is 3. The van der Waals surface area contributed by atoms with Crippen LogP contribution >= 0.6 is 0 Å². The van der Waals surface area contributed by atoms with Gasteiger partial charge in [-0.3, -0.25) is 0 Å². The molecule has 0 bridgehead atoms. The second-order valence-electron chi connectivity index (χ2n) is 5.25. The van der Waals surface area contributed by atoms with Gasteiger partial charge >= 0.3 is 0 Å². The van der Waals surface area contributed by atoms with Crippen LogP contribution in [0.3, 0.4) is 0 Å². The maximum atomic E-state index is 5.79. The molecule has 16 heavy (non-hydrogen) atoms. The highest BCUT2D eigenvalue weighted by Gasteiger charge is 2.25. The van der Waals surface area contributed by atoms with Crippen molar-refractivity contribution in [3.8, 4) is 0 Å². The Morgan fingerprint density at radius 2 is 1.75 bits per heavy atom. The average Bonchev–Trinajstić information content (AvgIpc) is 2.12. The largest absolute Gasteiger partial charge is 0.384 e. The summed E-state index contributed by atoms with van der Waals surface area (Å²) in [6, 6.07) is 4.93. The topological polar surface area (TPSA) is 38.0 Å². The molecule has 0 radical (unpaired) electrons. The summed E-state index contributed by atoms with van der Waals surface area (Å²) in [7, 11) is 0. The molecule has 0 saturated heterocycles. The minimum absolute atomic E-state index is 0.451. The Morgan fingerprint density at radius 3 is 2.25 bits per heavy atom. The highest BCUT2D eigenvalue weighted by molar-refractivity contribution is 5.58. The molecule has 88 valence electrons. The summed E-state index contributed by atoms with van der Waals surface area (Å²) in [6.45, 7) is 7.57. The summed E-state index contributed by atoms with van der Waals surface area (Å²) < 4.78 is 0. The van der Waals surface area contributed by atoms with Crippen LogP contribution in [-0.4, -0.2) is 12.6 Å². The summed E-state index contributed by atoms with van der Waals surface area (Å²) >= 11 is 0. The van der Waals surface area contributed by atoms with Gasteiger partial charge in [0.2, 0.25) is 0 Å². The second kappa shape index (κ2) is 4.46. The van der Waals surface area contributed by atoms with E-state index in [4.69, 9.17) is 5.73 Å². The molecule has 2 nitrogen and oxygen atoms in total. The molecule has 3 N–H and O–H groups in total. The van der Waals surface area contributed by atoms with Crippen molar-refractivity contribution in [2.24, 2.45) is 11.7 Å². The summed E-state index contributed by atoms with van der Waals surface area (Å²) in [6.07, 6.45) is 2.36. The van der Waals surface area contributed by atoms with E-state index < -0.39 is 0 Å². The molecule has 1 aliphatic carbocycles. The summed E-state index contributed by atoms with van der Waals surface area (Å²) in [5.74, 6) is 0.773.